The Kier molecular flexibility index (Phi) is 4.84. The van der Waals surface area contributed by atoms with Crippen LogP contribution in [0.25, 0.3) is 0 Å². The molecule has 2 fully saturated rings. The molecule has 120 valence electrons. The van der Waals surface area contributed by atoms with Crippen LogP contribution in [-0.2, 0) is 19.8 Å². The number of carbonyl (C=O) groups excluding carboxylic acids is 1. The maximum atomic E-state index is 12.5. The average molecular weight is 319 g/mol. The standard InChI is InChI=1S/C12H21N3O5S/c13-21(19,20)15-7-5-14(6-8-15)11(16)9-3-1-2-4-10(9)12(17)18/h9-10H,1-8H2,(H,17,18)(H2,13,19,20)/t9-,10+/m1/s1. The van der Waals surface area contributed by atoms with Gasteiger partial charge < -0.3 is 10.0 Å². The topological polar surface area (TPSA) is 121 Å². The fourth-order valence-corrected chi connectivity index (χ4v) is 3.79. The van der Waals surface area contributed by atoms with Gasteiger partial charge in [0, 0.05) is 26.2 Å². The zero-order chi connectivity index (χ0) is 15.6. The van der Waals surface area contributed by atoms with Crippen molar-refractivity contribution in [3.63, 3.8) is 0 Å². The van der Waals surface area contributed by atoms with Crippen molar-refractivity contribution < 1.29 is 23.1 Å². The molecule has 1 saturated heterocycles. The molecule has 0 spiro atoms. The summed E-state index contributed by atoms with van der Waals surface area (Å²) < 4.78 is 23.6. The fourth-order valence-electron chi connectivity index (χ4n) is 3.12. The highest BCUT2D eigenvalue weighted by Crippen LogP contribution is 2.32. The van der Waals surface area contributed by atoms with Gasteiger partial charge in [0.2, 0.25) is 5.91 Å². The van der Waals surface area contributed by atoms with Crippen molar-refractivity contribution in [3.05, 3.63) is 0 Å². The number of aliphatic carboxylic acids is 1. The smallest absolute Gasteiger partial charge is 0.307 e. The number of nitrogens with two attached hydrogens (primary N) is 1. The van der Waals surface area contributed by atoms with E-state index in [1.165, 1.54) is 0 Å². The van der Waals surface area contributed by atoms with Crippen molar-refractivity contribution in [2.45, 2.75) is 25.7 Å². The molecule has 0 aromatic carbocycles. The van der Waals surface area contributed by atoms with E-state index in [0.717, 1.165) is 17.1 Å². The average Bonchev–Trinajstić information content (AvgIpc) is 2.45. The van der Waals surface area contributed by atoms with Gasteiger partial charge in [0.25, 0.3) is 10.2 Å². The van der Waals surface area contributed by atoms with Crippen LogP contribution in [0.3, 0.4) is 0 Å². The van der Waals surface area contributed by atoms with E-state index in [1.54, 1.807) is 4.90 Å². The van der Waals surface area contributed by atoms with Crippen molar-refractivity contribution >= 4 is 22.1 Å². The number of piperazine rings is 1. The number of amides is 1. The van der Waals surface area contributed by atoms with Gasteiger partial charge >= 0.3 is 5.97 Å². The van der Waals surface area contributed by atoms with Gasteiger partial charge in [-0.1, -0.05) is 12.8 Å². The number of carboxylic acid groups (broad SMARTS) is 1. The van der Waals surface area contributed by atoms with Crippen LogP contribution in [0.4, 0.5) is 0 Å². The predicted octanol–water partition coefficient (Wildman–Crippen LogP) is -0.775. The molecule has 21 heavy (non-hydrogen) atoms. The Hall–Kier alpha value is -1.19. The minimum absolute atomic E-state index is 0.162. The van der Waals surface area contributed by atoms with E-state index in [4.69, 9.17) is 5.14 Å². The molecular weight excluding hydrogens is 298 g/mol. The largest absolute Gasteiger partial charge is 0.481 e. The summed E-state index contributed by atoms with van der Waals surface area (Å²) in [7, 11) is -3.72. The molecule has 3 N–H and O–H groups in total. The summed E-state index contributed by atoms with van der Waals surface area (Å²) >= 11 is 0. The zero-order valence-electron chi connectivity index (χ0n) is 11.8. The molecule has 9 heteroatoms. The van der Waals surface area contributed by atoms with Crippen molar-refractivity contribution in [1.82, 2.24) is 9.21 Å². The number of hydrogen-bond acceptors (Lipinski definition) is 4. The second-order valence-corrected chi connectivity index (χ2v) is 7.15. The Bertz CT molecular complexity index is 513. The third kappa shape index (κ3) is 3.72. The Morgan fingerprint density at radius 1 is 1.00 bits per heavy atom. The maximum Gasteiger partial charge on any atom is 0.307 e. The molecule has 2 aliphatic rings. The summed E-state index contributed by atoms with van der Waals surface area (Å²) in [5.41, 5.74) is 0. The monoisotopic (exact) mass is 319 g/mol. The molecule has 0 aromatic rings. The lowest BCUT2D eigenvalue weighted by Gasteiger charge is -2.37. The van der Waals surface area contributed by atoms with Crippen LogP contribution in [0.5, 0.6) is 0 Å². The molecular formula is C12H21N3O5S. The first kappa shape index (κ1) is 16.2. The van der Waals surface area contributed by atoms with E-state index in [0.29, 0.717) is 12.8 Å². The van der Waals surface area contributed by atoms with Crippen LogP contribution in [-0.4, -0.2) is 60.8 Å². The maximum absolute atomic E-state index is 12.5. The lowest BCUT2D eigenvalue weighted by molar-refractivity contribution is -0.152. The van der Waals surface area contributed by atoms with Crippen LogP contribution in [0.15, 0.2) is 0 Å². The van der Waals surface area contributed by atoms with Gasteiger partial charge in [0.15, 0.2) is 0 Å². The quantitative estimate of drug-likeness (QED) is 0.707. The molecule has 0 radical (unpaired) electrons. The van der Waals surface area contributed by atoms with Crippen LogP contribution < -0.4 is 5.14 Å². The summed E-state index contributed by atoms with van der Waals surface area (Å²) in [6.45, 7) is 0.847. The SMILES string of the molecule is NS(=O)(=O)N1CCN(C(=O)[C@@H]2CCCC[C@@H]2C(=O)O)CC1. The third-order valence-electron chi connectivity index (χ3n) is 4.31. The van der Waals surface area contributed by atoms with Gasteiger partial charge in [0.1, 0.15) is 0 Å². The highest BCUT2D eigenvalue weighted by Gasteiger charge is 2.39. The second-order valence-electron chi connectivity index (χ2n) is 5.60. The number of carboxylic acids is 1. The van der Waals surface area contributed by atoms with Crippen molar-refractivity contribution in [3.8, 4) is 0 Å². The van der Waals surface area contributed by atoms with Gasteiger partial charge in [-0.15, -0.1) is 0 Å². The van der Waals surface area contributed by atoms with Crippen molar-refractivity contribution in [1.29, 1.82) is 0 Å². The molecule has 0 bridgehead atoms. The van der Waals surface area contributed by atoms with E-state index < -0.39 is 28.0 Å². The van der Waals surface area contributed by atoms with Gasteiger partial charge in [-0.05, 0) is 12.8 Å². The first-order valence-corrected chi connectivity index (χ1v) is 8.60. The summed E-state index contributed by atoms with van der Waals surface area (Å²) in [5, 5.41) is 14.3. The molecule has 1 amide bonds. The summed E-state index contributed by atoms with van der Waals surface area (Å²) in [4.78, 5) is 25.3. The van der Waals surface area contributed by atoms with Gasteiger partial charge in [-0.25, -0.2) is 5.14 Å². The van der Waals surface area contributed by atoms with Gasteiger partial charge in [-0.2, -0.15) is 12.7 Å². The molecule has 1 heterocycles. The molecule has 1 aliphatic heterocycles. The van der Waals surface area contributed by atoms with E-state index in [9.17, 15) is 23.1 Å². The van der Waals surface area contributed by atoms with E-state index >= 15 is 0 Å². The van der Waals surface area contributed by atoms with Gasteiger partial charge in [-0.3, -0.25) is 9.59 Å². The highest BCUT2D eigenvalue weighted by atomic mass is 32.2. The molecule has 8 nitrogen and oxygen atoms in total. The minimum atomic E-state index is -3.72. The Morgan fingerprint density at radius 2 is 1.52 bits per heavy atom. The second kappa shape index (κ2) is 6.29. The lowest BCUT2D eigenvalue weighted by atomic mass is 9.78. The number of hydrogen-bond donors (Lipinski definition) is 2. The first-order valence-electron chi connectivity index (χ1n) is 7.10. The normalized spacial score (nSPS) is 28.3. The Morgan fingerprint density at radius 3 is 2.00 bits per heavy atom. The summed E-state index contributed by atoms with van der Waals surface area (Å²) in [5.74, 6) is -2.20. The molecule has 2 rings (SSSR count). The summed E-state index contributed by atoms with van der Waals surface area (Å²) in [6.07, 6.45) is 2.81. The molecule has 0 aromatic heterocycles. The van der Waals surface area contributed by atoms with E-state index in [2.05, 4.69) is 0 Å². The molecule has 1 aliphatic carbocycles. The molecule has 1 saturated carbocycles. The summed E-state index contributed by atoms with van der Waals surface area (Å²) in [6, 6.07) is 0. The third-order valence-corrected chi connectivity index (χ3v) is 5.40. The van der Waals surface area contributed by atoms with Crippen molar-refractivity contribution in [2.75, 3.05) is 26.2 Å². The van der Waals surface area contributed by atoms with Crippen LogP contribution in [0.1, 0.15) is 25.7 Å². The highest BCUT2D eigenvalue weighted by molar-refractivity contribution is 7.86. The minimum Gasteiger partial charge on any atom is -0.481 e. The number of rotatable bonds is 3. The first-order chi connectivity index (χ1) is 9.80. The molecule has 0 unspecified atom stereocenters. The molecule has 2 atom stereocenters. The van der Waals surface area contributed by atoms with Crippen LogP contribution >= 0.6 is 0 Å². The zero-order valence-corrected chi connectivity index (χ0v) is 12.6. The number of carbonyl (C=O) groups is 2. The Labute approximate surface area is 124 Å². The number of nitrogens with zero attached hydrogens (tertiary/aromatic N) is 2. The van der Waals surface area contributed by atoms with E-state index in [1.807, 2.05) is 0 Å². The van der Waals surface area contributed by atoms with Gasteiger partial charge in [0.05, 0.1) is 11.8 Å². The fraction of sp³-hybridized carbons (Fsp3) is 0.833. The lowest BCUT2D eigenvalue weighted by Crippen LogP contribution is -2.54. The van der Waals surface area contributed by atoms with E-state index in [-0.39, 0.29) is 32.1 Å². The van der Waals surface area contributed by atoms with Crippen molar-refractivity contribution in [2.24, 2.45) is 17.0 Å². The van der Waals surface area contributed by atoms with Crippen LogP contribution in [0.2, 0.25) is 0 Å². The predicted molar refractivity (Wildman–Crippen MR) is 74.3 cm³/mol. The van der Waals surface area contributed by atoms with Crippen LogP contribution in [0, 0.1) is 11.8 Å². The Balaban J connectivity index is 1.99.